The van der Waals surface area contributed by atoms with E-state index < -0.39 is 23.9 Å². The molecule has 2 aromatic rings. The summed E-state index contributed by atoms with van der Waals surface area (Å²) >= 11 is 0. The van der Waals surface area contributed by atoms with Crippen molar-refractivity contribution >= 4 is 17.5 Å². The molecule has 2 N–H and O–H groups in total. The van der Waals surface area contributed by atoms with Gasteiger partial charge in [-0.3, -0.25) is 10.2 Å². The topological polar surface area (TPSA) is 74.3 Å². The van der Waals surface area contributed by atoms with Crippen molar-refractivity contribution < 1.29 is 32.5 Å². The number of nitrogens with zero attached hydrogens (tertiary/aromatic N) is 2. The van der Waals surface area contributed by atoms with Gasteiger partial charge < -0.3 is 19.5 Å². The number of β-amino-alcohol motifs (C(OH)–C–C–N with tert-alkyl or cyclic N) is 1. The van der Waals surface area contributed by atoms with Gasteiger partial charge in [-0.25, -0.2) is 4.79 Å². The van der Waals surface area contributed by atoms with Crippen LogP contribution < -0.4 is 15.0 Å². The highest BCUT2D eigenvalue weighted by molar-refractivity contribution is 5.84. The zero-order chi connectivity index (χ0) is 23.8. The smallest absolute Gasteiger partial charge is 0.416 e. The summed E-state index contributed by atoms with van der Waals surface area (Å²) in [6.07, 6.45) is -5.94. The molecule has 7 nitrogen and oxygen atoms in total. The number of hydrogen-bond donors (Lipinski definition) is 2. The molecule has 0 aliphatic carbocycles. The Morgan fingerprint density at radius 1 is 1.12 bits per heavy atom. The third-order valence-electron chi connectivity index (χ3n) is 5.18. The van der Waals surface area contributed by atoms with Gasteiger partial charge in [0.25, 0.3) is 0 Å². The molecule has 0 aromatic heterocycles. The minimum atomic E-state index is -4.37. The van der Waals surface area contributed by atoms with E-state index in [9.17, 15) is 23.1 Å². The Balaban J connectivity index is 1.40. The van der Waals surface area contributed by atoms with E-state index in [4.69, 9.17) is 9.47 Å². The van der Waals surface area contributed by atoms with E-state index in [0.717, 1.165) is 12.1 Å². The zero-order valence-corrected chi connectivity index (χ0v) is 18.3. The van der Waals surface area contributed by atoms with E-state index >= 15 is 0 Å². The molecule has 1 saturated heterocycles. The largest absolute Gasteiger partial charge is 0.494 e. The summed E-state index contributed by atoms with van der Waals surface area (Å²) in [5.74, 6) is 0.625. The lowest BCUT2D eigenvalue weighted by atomic mass is 10.1. The van der Waals surface area contributed by atoms with E-state index in [2.05, 4.69) is 5.32 Å². The van der Waals surface area contributed by atoms with Crippen LogP contribution in [0.15, 0.2) is 48.5 Å². The average molecular weight is 467 g/mol. The van der Waals surface area contributed by atoms with Crippen LogP contribution in [0.4, 0.5) is 29.3 Å². The molecule has 33 heavy (non-hydrogen) atoms. The van der Waals surface area contributed by atoms with Crippen LogP contribution in [0, 0.1) is 0 Å². The Morgan fingerprint density at radius 2 is 1.85 bits per heavy atom. The molecular formula is C23H28F3N3O4. The van der Waals surface area contributed by atoms with Crippen LogP contribution in [0.1, 0.15) is 12.5 Å². The normalized spacial score (nSPS) is 15.7. The lowest BCUT2D eigenvalue weighted by Crippen LogP contribution is -2.49. The first-order chi connectivity index (χ1) is 15.7. The van der Waals surface area contributed by atoms with Gasteiger partial charge in [0.2, 0.25) is 0 Å². The van der Waals surface area contributed by atoms with Crippen molar-refractivity contribution in [1.29, 1.82) is 0 Å². The van der Waals surface area contributed by atoms with Crippen LogP contribution in [0.3, 0.4) is 0 Å². The van der Waals surface area contributed by atoms with Crippen LogP contribution in [0.5, 0.6) is 5.75 Å². The maximum absolute atomic E-state index is 12.9. The Hall–Kier alpha value is -2.98. The number of carbonyl (C=O) groups excluding carboxylic acids is 1. The van der Waals surface area contributed by atoms with Gasteiger partial charge in [0.1, 0.15) is 18.5 Å². The van der Waals surface area contributed by atoms with Crippen molar-refractivity contribution in [3.05, 3.63) is 54.1 Å². The lowest BCUT2D eigenvalue weighted by Gasteiger charge is -2.37. The molecule has 3 rings (SSSR count). The van der Waals surface area contributed by atoms with E-state index in [-0.39, 0.29) is 6.61 Å². The zero-order valence-electron chi connectivity index (χ0n) is 18.3. The third-order valence-corrected chi connectivity index (χ3v) is 5.18. The molecule has 180 valence electrons. The van der Waals surface area contributed by atoms with Crippen molar-refractivity contribution in [2.24, 2.45) is 0 Å². The number of piperazine rings is 1. The standard InChI is InChI=1S/C23H28F3N3O4/c1-2-32-21-8-4-6-18(14-21)27-22(31)33-16-20(30)15-28-9-11-29(12-10-28)19-7-3-5-17(13-19)23(24,25)26/h3-8,13-14,20,30H,2,9-12,15-16H2,1H3,(H,27,31). The maximum Gasteiger partial charge on any atom is 0.416 e. The van der Waals surface area contributed by atoms with E-state index in [0.29, 0.717) is 56.5 Å². The summed E-state index contributed by atoms with van der Waals surface area (Å²) in [7, 11) is 0. The van der Waals surface area contributed by atoms with Gasteiger partial charge in [0.15, 0.2) is 0 Å². The Bertz CT molecular complexity index is 918. The fourth-order valence-corrected chi connectivity index (χ4v) is 3.57. The van der Waals surface area contributed by atoms with E-state index in [1.54, 1.807) is 30.3 Å². The summed E-state index contributed by atoms with van der Waals surface area (Å²) < 4.78 is 49.3. The number of ether oxygens (including phenoxy) is 2. The van der Waals surface area contributed by atoms with Crippen LogP contribution in [-0.4, -0.2) is 68.1 Å². The van der Waals surface area contributed by atoms with Gasteiger partial charge in [0, 0.05) is 50.2 Å². The molecule has 1 atom stereocenters. The minimum Gasteiger partial charge on any atom is -0.494 e. The molecule has 2 aromatic carbocycles. The van der Waals surface area contributed by atoms with Crippen LogP contribution in [-0.2, 0) is 10.9 Å². The van der Waals surface area contributed by atoms with Gasteiger partial charge in [-0.15, -0.1) is 0 Å². The lowest BCUT2D eigenvalue weighted by molar-refractivity contribution is -0.137. The molecule has 1 aliphatic rings. The second-order valence-electron chi connectivity index (χ2n) is 7.67. The van der Waals surface area contributed by atoms with Crippen LogP contribution in [0.25, 0.3) is 0 Å². The highest BCUT2D eigenvalue weighted by Gasteiger charge is 2.31. The Morgan fingerprint density at radius 3 is 2.55 bits per heavy atom. The molecule has 1 aliphatic heterocycles. The number of halogens is 3. The Kier molecular flexibility index (Phi) is 8.40. The number of alkyl halides is 3. The molecule has 1 amide bonds. The number of anilines is 2. The van der Waals surface area contributed by atoms with Gasteiger partial charge in [-0.2, -0.15) is 13.2 Å². The van der Waals surface area contributed by atoms with Crippen molar-refractivity contribution in [2.75, 3.05) is 56.2 Å². The second kappa shape index (κ2) is 11.2. The van der Waals surface area contributed by atoms with E-state index in [1.165, 1.54) is 6.07 Å². The predicted octanol–water partition coefficient (Wildman–Crippen LogP) is 3.84. The summed E-state index contributed by atoms with van der Waals surface area (Å²) in [6, 6.07) is 12.2. The fourth-order valence-electron chi connectivity index (χ4n) is 3.57. The maximum atomic E-state index is 12.9. The number of amides is 1. The molecular weight excluding hydrogens is 439 g/mol. The quantitative estimate of drug-likeness (QED) is 0.615. The first-order valence-corrected chi connectivity index (χ1v) is 10.7. The number of hydrogen-bond acceptors (Lipinski definition) is 6. The first-order valence-electron chi connectivity index (χ1n) is 10.7. The van der Waals surface area contributed by atoms with Crippen molar-refractivity contribution in [2.45, 2.75) is 19.2 Å². The SMILES string of the molecule is CCOc1cccc(NC(=O)OCC(O)CN2CCN(c3cccc(C(F)(F)F)c3)CC2)c1. The fraction of sp³-hybridized carbons (Fsp3) is 0.435. The second-order valence-corrected chi connectivity index (χ2v) is 7.67. The Labute approximate surface area is 190 Å². The number of aliphatic hydroxyl groups excluding tert-OH is 1. The summed E-state index contributed by atoms with van der Waals surface area (Å²) in [4.78, 5) is 15.9. The number of aliphatic hydroxyl groups is 1. The highest BCUT2D eigenvalue weighted by Crippen LogP contribution is 2.31. The molecule has 10 heteroatoms. The van der Waals surface area contributed by atoms with Crippen LogP contribution >= 0.6 is 0 Å². The predicted molar refractivity (Wildman–Crippen MR) is 119 cm³/mol. The number of benzene rings is 2. The molecule has 0 bridgehead atoms. The minimum absolute atomic E-state index is 0.176. The van der Waals surface area contributed by atoms with Crippen LogP contribution in [0.2, 0.25) is 0 Å². The van der Waals surface area contributed by atoms with E-state index in [1.807, 2.05) is 16.7 Å². The summed E-state index contributed by atoms with van der Waals surface area (Å²) in [5, 5.41) is 12.8. The molecule has 1 fully saturated rings. The van der Waals surface area contributed by atoms with Crippen molar-refractivity contribution in [3.63, 3.8) is 0 Å². The molecule has 0 radical (unpaired) electrons. The molecule has 0 saturated carbocycles. The van der Waals surface area contributed by atoms with Gasteiger partial charge in [-0.1, -0.05) is 12.1 Å². The summed E-state index contributed by atoms with van der Waals surface area (Å²) in [5.41, 5.74) is 0.377. The third kappa shape index (κ3) is 7.54. The molecule has 1 unspecified atom stereocenters. The van der Waals surface area contributed by atoms with Crippen molar-refractivity contribution in [3.8, 4) is 5.75 Å². The highest BCUT2D eigenvalue weighted by atomic mass is 19.4. The molecule has 0 spiro atoms. The van der Waals surface area contributed by atoms with Crippen molar-refractivity contribution in [1.82, 2.24) is 4.90 Å². The molecule has 1 heterocycles. The van der Waals surface area contributed by atoms with Gasteiger partial charge in [-0.05, 0) is 37.3 Å². The van der Waals surface area contributed by atoms with Gasteiger partial charge >= 0.3 is 12.3 Å². The number of carbonyl (C=O) groups is 1. The monoisotopic (exact) mass is 467 g/mol. The van der Waals surface area contributed by atoms with Gasteiger partial charge in [0.05, 0.1) is 12.2 Å². The first kappa shape index (κ1) is 24.7. The average Bonchev–Trinajstić information content (AvgIpc) is 2.78. The summed E-state index contributed by atoms with van der Waals surface area (Å²) in [6.45, 7) is 4.70. The number of nitrogens with one attached hydrogen (secondary N) is 1. The number of rotatable bonds is 8.